The number of nitrogens with zero attached hydrogens (tertiary/aromatic N) is 3. The van der Waals surface area contributed by atoms with Gasteiger partial charge in [-0.15, -0.1) is 5.10 Å². The summed E-state index contributed by atoms with van der Waals surface area (Å²) in [6.45, 7) is 1.68. The lowest BCUT2D eigenvalue weighted by Crippen LogP contribution is -2.13. The molecule has 20 heavy (non-hydrogen) atoms. The zero-order valence-electron chi connectivity index (χ0n) is 11.2. The second-order valence-corrected chi connectivity index (χ2v) is 4.37. The van der Waals surface area contributed by atoms with E-state index in [1.807, 2.05) is 0 Å². The average molecular weight is 297 g/mol. The second kappa shape index (κ2) is 5.38. The number of primary amides is 1. The third kappa shape index (κ3) is 2.27. The molecule has 0 aliphatic carbocycles. The number of hydrogen-bond acceptors (Lipinski definition) is 5. The van der Waals surface area contributed by atoms with E-state index in [-0.39, 0.29) is 5.69 Å². The van der Waals surface area contributed by atoms with Crippen LogP contribution in [0.1, 0.15) is 16.2 Å². The quantitative estimate of drug-likeness (QED) is 0.919. The van der Waals surface area contributed by atoms with Gasteiger partial charge in [0.15, 0.2) is 5.69 Å². The van der Waals surface area contributed by atoms with Crippen LogP contribution in [-0.4, -0.2) is 35.1 Å². The van der Waals surface area contributed by atoms with E-state index in [9.17, 15) is 4.79 Å². The van der Waals surface area contributed by atoms with Gasteiger partial charge < -0.3 is 15.2 Å². The summed E-state index contributed by atoms with van der Waals surface area (Å²) in [5, 5.41) is 8.07. The lowest BCUT2D eigenvalue weighted by atomic mass is 10.2. The monoisotopic (exact) mass is 296 g/mol. The van der Waals surface area contributed by atoms with Gasteiger partial charge in [0.2, 0.25) is 0 Å². The van der Waals surface area contributed by atoms with Crippen molar-refractivity contribution >= 4 is 17.5 Å². The Morgan fingerprint density at radius 3 is 2.45 bits per heavy atom. The maximum Gasteiger partial charge on any atom is 0.271 e. The molecule has 1 aromatic carbocycles. The molecule has 0 saturated heterocycles. The van der Waals surface area contributed by atoms with Crippen LogP contribution in [0.3, 0.4) is 0 Å². The highest BCUT2D eigenvalue weighted by Gasteiger charge is 2.19. The van der Waals surface area contributed by atoms with Crippen molar-refractivity contribution in [2.24, 2.45) is 5.73 Å². The molecule has 2 aromatic rings. The molecule has 7 nitrogen and oxygen atoms in total. The molecule has 0 aliphatic heterocycles. The third-order valence-electron chi connectivity index (χ3n) is 2.81. The fourth-order valence-corrected chi connectivity index (χ4v) is 2.03. The molecule has 2 N–H and O–H groups in total. The Hall–Kier alpha value is -2.28. The van der Waals surface area contributed by atoms with Crippen LogP contribution in [-0.2, 0) is 0 Å². The van der Waals surface area contributed by atoms with E-state index in [4.69, 9.17) is 26.8 Å². The molecule has 0 atom stereocenters. The first-order chi connectivity index (χ1) is 9.49. The van der Waals surface area contributed by atoms with E-state index in [0.717, 1.165) is 0 Å². The van der Waals surface area contributed by atoms with Crippen molar-refractivity contribution < 1.29 is 14.3 Å². The Kier molecular flexibility index (Phi) is 3.80. The molecule has 0 saturated carbocycles. The largest absolute Gasteiger partial charge is 0.495 e. The maximum atomic E-state index is 11.2. The first kappa shape index (κ1) is 14.1. The summed E-state index contributed by atoms with van der Waals surface area (Å²) in [4.78, 5) is 11.2. The number of benzene rings is 1. The number of halogens is 1. The predicted octanol–water partition coefficient (Wildman–Crippen LogP) is 1.35. The summed E-state index contributed by atoms with van der Waals surface area (Å²) in [7, 11) is 3.00. The van der Waals surface area contributed by atoms with Gasteiger partial charge in [-0.3, -0.25) is 4.79 Å². The summed E-state index contributed by atoms with van der Waals surface area (Å²) in [5.74, 6) is 0.284. The van der Waals surface area contributed by atoms with Crippen LogP contribution in [0.15, 0.2) is 12.1 Å². The van der Waals surface area contributed by atoms with Crippen LogP contribution < -0.4 is 15.2 Å². The van der Waals surface area contributed by atoms with Crippen molar-refractivity contribution in [2.75, 3.05) is 14.2 Å². The van der Waals surface area contributed by atoms with Crippen LogP contribution in [0.25, 0.3) is 5.69 Å². The van der Waals surface area contributed by atoms with Crippen molar-refractivity contribution in [3.63, 3.8) is 0 Å². The highest BCUT2D eigenvalue weighted by molar-refractivity contribution is 6.32. The summed E-state index contributed by atoms with van der Waals surface area (Å²) in [6.07, 6.45) is 0. The van der Waals surface area contributed by atoms with E-state index < -0.39 is 5.91 Å². The minimum atomic E-state index is -0.645. The van der Waals surface area contributed by atoms with Crippen LogP contribution in [0.2, 0.25) is 5.02 Å². The summed E-state index contributed by atoms with van der Waals surface area (Å²) in [5.41, 5.74) is 6.37. The minimum absolute atomic E-state index is 0.0981. The fourth-order valence-electron chi connectivity index (χ4n) is 1.80. The number of ether oxygens (including phenoxy) is 2. The third-order valence-corrected chi connectivity index (χ3v) is 3.10. The number of rotatable bonds is 4. The molecular weight excluding hydrogens is 284 g/mol. The molecule has 0 aliphatic rings. The molecule has 1 heterocycles. The Labute approximate surface area is 120 Å². The van der Waals surface area contributed by atoms with Gasteiger partial charge in [-0.2, -0.15) is 0 Å². The average Bonchev–Trinajstić information content (AvgIpc) is 2.80. The Morgan fingerprint density at radius 2 is 1.95 bits per heavy atom. The van der Waals surface area contributed by atoms with Gasteiger partial charge in [0.1, 0.15) is 17.2 Å². The van der Waals surface area contributed by atoms with E-state index >= 15 is 0 Å². The molecule has 0 bridgehead atoms. The Morgan fingerprint density at radius 1 is 1.30 bits per heavy atom. The molecule has 0 radical (unpaired) electrons. The maximum absolute atomic E-state index is 11.2. The van der Waals surface area contributed by atoms with Crippen molar-refractivity contribution in [1.29, 1.82) is 0 Å². The fraction of sp³-hybridized carbons (Fsp3) is 0.250. The molecule has 8 heteroatoms. The molecule has 1 amide bonds. The highest BCUT2D eigenvalue weighted by atomic mass is 35.5. The van der Waals surface area contributed by atoms with Crippen molar-refractivity contribution in [3.05, 3.63) is 28.5 Å². The SMILES string of the molecule is COc1cc(-n2nnc(C(N)=O)c2C)c(OC)cc1Cl. The molecule has 0 unspecified atom stereocenters. The lowest BCUT2D eigenvalue weighted by molar-refractivity contribution is 0.0995. The van der Waals surface area contributed by atoms with Gasteiger partial charge in [0.05, 0.1) is 24.9 Å². The molecular formula is C12H13ClN4O3. The van der Waals surface area contributed by atoms with Gasteiger partial charge >= 0.3 is 0 Å². The van der Waals surface area contributed by atoms with E-state index in [1.54, 1.807) is 19.1 Å². The molecule has 1 aromatic heterocycles. The summed E-state index contributed by atoms with van der Waals surface area (Å²) >= 11 is 6.04. The second-order valence-electron chi connectivity index (χ2n) is 3.96. The van der Waals surface area contributed by atoms with Crippen LogP contribution in [0.5, 0.6) is 11.5 Å². The minimum Gasteiger partial charge on any atom is -0.495 e. The Bertz CT molecular complexity index is 669. The van der Waals surface area contributed by atoms with Gasteiger partial charge in [0, 0.05) is 12.1 Å². The smallest absolute Gasteiger partial charge is 0.271 e. The van der Waals surface area contributed by atoms with Crippen LogP contribution in [0, 0.1) is 6.92 Å². The lowest BCUT2D eigenvalue weighted by Gasteiger charge is -2.12. The zero-order valence-corrected chi connectivity index (χ0v) is 11.9. The van der Waals surface area contributed by atoms with Gasteiger partial charge in [-0.05, 0) is 6.92 Å². The molecule has 0 fully saturated rings. The van der Waals surface area contributed by atoms with Gasteiger partial charge in [0.25, 0.3) is 5.91 Å². The van der Waals surface area contributed by atoms with Crippen molar-refractivity contribution in [2.45, 2.75) is 6.92 Å². The zero-order chi connectivity index (χ0) is 14.9. The van der Waals surface area contributed by atoms with E-state index in [1.165, 1.54) is 18.9 Å². The van der Waals surface area contributed by atoms with Crippen molar-refractivity contribution in [1.82, 2.24) is 15.0 Å². The van der Waals surface area contributed by atoms with E-state index in [0.29, 0.717) is 27.9 Å². The highest BCUT2D eigenvalue weighted by Crippen LogP contribution is 2.34. The number of methoxy groups -OCH3 is 2. The standard InChI is InChI=1S/C12H13ClN4O3/c1-6-11(12(14)18)15-16-17(6)8-5-9(19-2)7(13)4-10(8)20-3/h4-5H,1-3H3,(H2,14,18). The number of nitrogens with two attached hydrogens (primary N) is 1. The van der Waals surface area contributed by atoms with Crippen LogP contribution >= 0.6 is 11.6 Å². The molecule has 106 valence electrons. The molecule has 0 spiro atoms. The Balaban J connectivity index is 2.65. The summed E-state index contributed by atoms with van der Waals surface area (Å²) < 4.78 is 11.9. The van der Waals surface area contributed by atoms with E-state index in [2.05, 4.69) is 10.3 Å². The van der Waals surface area contributed by atoms with Crippen LogP contribution in [0.4, 0.5) is 0 Å². The first-order valence-corrected chi connectivity index (χ1v) is 6.01. The normalized spacial score (nSPS) is 10.4. The first-order valence-electron chi connectivity index (χ1n) is 5.63. The van der Waals surface area contributed by atoms with Gasteiger partial charge in [-0.1, -0.05) is 16.8 Å². The number of aromatic nitrogens is 3. The predicted molar refractivity (Wildman–Crippen MR) is 72.7 cm³/mol. The number of carbonyl (C=O) groups excluding carboxylic acids is 1. The summed E-state index contributed by atoms with van der Waals surface area (Å²) in [6, 6.07) is 3.24. The number of amides is 1. The number of carbonyl (C=O) groups is 1. The topological polar surface area (TPSA) is 92.3 Å². The van der Waals surface area contributed by atoms with Crippen molar-refractivity contribution in [3.8, 4) is 17.2 Å². The van der Waals surface area contributed by atoms with Gasteiger partial charge in [-0.25, -0.2) is 4.68 Å². The number of hydrogen-bond donors (Lipinski definition) is 1. The molecule has 2 rings (SSSR count).